The summed E-state index contributed by atoms with van der Waals surface area (Å²) in [6.45, 7) is 12.1. The molecule has 2 aliphatic heterocycles. The molecule has 0 spiro atoms. The van der Waals surface area contributed by atoms with Crippen molar-refractivity contribution in [2.75, 3.05) is 32.7 Å². The fourth-order valence-corrected chi connectivity index (χ4v) is 26.1. The van der Waals surface area contributed by atoms with E-state index >= 15 is 9.59 Å². The van der Waals surface area contributed by atoms with Crippen LogP contribution in [0.3, 0.4) is 0 Å². The topological polar surface area (TPSA) is 141 Å². The highest BCUT2D eigenvalue weighted by Crippen LogP contribution is 2.77. The molecule has 0 radical (unpaired) electrons. The summed E-state index contributed by atoms with van der Waals surface area (Å²) in [6, 6.07) is 32.8. The maximum atomic E-state index is 15.7. The van der Waals surface area contributed by atoms with Crippen LogP contribution < -0.4 is 32.4 Å². The van der Waals surface area contributed by atoms with Crippen molar-refractivity contribution < 1.29 is 14.4 Å². The molecule has 9 unspecified atom stereocenters. The molecule has 3 aromatic carbocycles. The molecular weight excluding hydrogens is 1010 g/mol. The van der Waals surface area contributed by atoms with Crippen molar-refractivity contribution >= 4 is 17.7 Å². The van der Waals surface area contributed by atoms with E-state index in [1.54, 1.807) is 0 Å². The fourth-order valence-electron chi connectivity index (χ4n) is 26.1. The Bertz CT molecular complexity index is 3050. The van der Waals surface area contributed by atoms with Crippen LogP contribution in [-0.2, 0) is 41.5 Å². The Labute approximate surface area is 489 Å². The minimum atomic E-state index is -0.459. The van der Waals surface area contributed by atoms with E-state index in [1.807, 2.05) is 0 Å². The van der Waals surface area contributed by atoms with Crippen molar-refractivity contribution in [3.05, 3.63) is 107 Å². The molecular formula is C72H97N7O3. The summed E-state index contributed by atoms with van der Waals surface area (Å²) >= 11 is 0. The predicted octanol–water partition coefficient (Wildman–Crippen LogP) is 11.0. The number of hydrogen-bond acceptors (Lipinski definition) is 7. The van der Waals surface area contributed by atoms with E-state index in [-0.39, 0.29) is 66.9 Å². The minimum absolute atomic E-state index is 0.00246. The SMILES string of the molecule is CCC[C@]12CC3CC(C(=O)NN4CCNCC4)(C1)C[C@@](c1ccc(C45CC6(C(=O)NC7CC8CNC7C8)C[C@](C)(C4)C[C@@](c4ccc(C78CC9(C(=O)N[C@H]%10CC[C@@H](N)CC%10)C[C@](C)(C7)C[C@@](c7ccccc7)(C9)C8)cc4)(C6)C5)cc1)(C3)C2. The Hall–Kier alpha value is -4.09. The molecule has 3 aromatic rings. The third-order valence-corrected chi connectivity index (χ3v) is 26.8. The molecule has 10 heteroatoms. The van der Waals surface area contributed by atoms with Gasteiger partial charge in [0.2, 0.25) is 17.7 Å². The second kappa shape index (κ2) is 18.2. The van der Waals surface area contributed by atoms with Gasteiger partial charge in [-0.15, -0.1) is 0 Å². The van der Waals surface area contributed by atoms with Gasteiger partial charge in [0.1, 0.15) is 0 Å². The molecule has 2 saturated heterocycles. The third kappa shape index (κ3) is 8.20. The summed E-state index contributed by atoms with van der Waals surface area (Å²) in [5.74, 6) is 2.17. The quantitative estimate of drug-likeness (QED) is 0.100. The zero-order valence-corrected chi connectivity index (χ0v) is 50.1. The highest BCUT2D eigenvalue weighted by molar-refractivity contribution is 5.86. The zero-order chi connectivity index (χ0) is 55.8. The molecule has 82 heavy (non-hydrogen) atoms. The standard InChI is InChI=1S/C72H97N7O3/c1-4-22-64-29-49-30-65(39-64,41-66(31-49,40-64)61(82)78-79-25-23-74-24-26-79)51-10-12-52(13-11-51)69-35-63(3)36-70(43-69,47-72(38-63,46-69)60(81)77-58-28-48-27-57(58)75-32-48)54-16-14-53(15-17-54)68-34-62(2)33-67(42-68,50-8-6-5-7-9-50)44-71(37-62,45-68)59(80)76-56-20-18-55(73)19-21-56/h5-17,48-49,55-58,74-75H,4,18-47,73H2,1-3H3,(H,76,80)(H,77,81)(H,78,82)/t48?,49?,55-,56+,57?,58?,62-,63+,64+,65+,66?,67-,68?,69?,70-,71?,72?/m0/s1. The van der Waals surface area contributed by atoms with Crippen molar-refractivity contribution in [1.82, 2.24) is 31.7 Å². The Balaban J connectivity index is 0.749. The van der Waals surface area contributed by atoms with Crippen molar-refractivity contribution in [3.63, 3.8) is 0 Å². The highest BCUT2D eigenvalue weighted by atomic mass is 16.2. The number of piperazine rings is 1. The lowest BCUT2D eigenvalue weighted by atomic mass is 9.33. The largest absolute Gasteiger partial charge is 0.353 e. The monoisotopic (exact) mass is 1110 g/mol. The van der Waals surface area contributed by atoms with Gasteiger partial charge in [-0.25, -0.2) is 5.01 Å². The summed E-state index contributed by atoms with van der Waals surface area (Å²) in [5, 5.41) is 17.0. The number of nitrogens with one attached hydrogen (secondary N) is 5. The maximum absolute atomic E-state index is 15.7. The average molecular weight is 1110 g/mol. The number of amides is 3. The van der Waals surface area contributed by atoms with E-state index in [2.05, 4.69) is 131 Å². The van der Waals surface area contributed by atoms with Crippen molar-refractivity contribution in [2.24, 2.45) is 50.1 Å². The van der Waals surface area contributed by atoms with Crippen LogP contribution in [0.5, 0.6) is 0 Å². The number of carbonyl (C=O) groups excluding carboxylic acids is 3. The van der Waals surface area contributed by atoms with Gasteiger partial charge in [0.25, 0.3) is 0 Å². The Kier molecular flexibility index (Phi) is 11.9. The first-order valence-electron chi connectivity index (χ1n) is 33.5. The highest BCUT2D eigenvalue weighted by Gasteiger charge is 2.72. The van der Waals surface area contributed by atoms with Crippen LogP contribution in [0.25, 0.3) is 0 Å². The molecule has 16 aliphatic rings. The molecule has 10 nitrogen and oxygen atoms in total. The van der Waals surface area contributed by atoms with Gasteiger partial charge in [-0.05, 0) is 250 Å². The molecule has 0 aromatic heterocycles. The van der Waals surface area contributed by atoms with E-state index < -0.39 is 10.8 Å². The van der Waals surface area contributed by atoms with Crippen molar-refractivity contribution in [2.45, 2.75) is 239 Å². The lowest BCUT2D eigenvalue weighted by Gasteiger charge is -2.70. The predicted molar refractivity (Wildman–Crippen MR) is 323 cm³/mol. The van der Waals surface area contributed by atoms with E-state index in [4.69, 9.17) is 5.73 Å². The number of piperidine rings is 1. The van der Waals surface area contributed by atoms with E-state index in [1.165, 1.54) is 66.3 Å². The Morgan fingerprint density at radius 1 is 0.537 bits per heavy atom. The lowest BCUT2D eigenvalue weighted by Crippen LogP contribution is -2.68. The van der Waals surface area contributed by atoms with Crippen LogP contribution in [0.4, 0.5) is 0 Å². The molecule has 7 N–H and O–H groups in total. The number of fused-ring (bicyclic) bond motifs is 2. The van der Waals surface area contributed by atoms with E-state index in [0.29, 0.717) is 35.6 Å². The van der Waals surface area contributed by atoms with E-state index in [0.717, 1.165) is 161 Å². The van der Waals surface area contributed by atoms with Gasteiger partial charge in [0.05, 0.1) is 16.2 Å². The third-order valence-electron chi connectivity index (χ3n) is 26.8. The smallest absolute Gasteiger partial charge is 0.240 e. The van der Waals surface area contributed by atoms with Crippen LogP contribution in [0.1, 0.15) is 216 Å². The van der Waals surface area contributed by atoms with Gasteiger partial charge in [-0.2, -0.15) is 0 Å². The van der Waals surface area contributed by atoms with Gasteiger partial charge >= 0.3 is 0 Å². The van der Waals surface area contributed by atoms with Crippen molar-refractivity contribution in [3.8, 4) is 0 Å². The van der Waals surface area contributed by atoms with Gasteiger partial charge in [-0.3, -0.25) is 19.8 Å². The van der Waals surface area contributed by atoms with Crippen LogP contribution >= 0.6 is 0 Å². The Morgan fingerprint density at radius 2 is 1.06 bits per heavy atom. The normalized spacial score (nSPS) is 47.2. The number of benzene rings is 3. The number of nitrogens with zero attached hydrogens (tertiary/aromatic N) is 1. The van der Waals surface area contributed by atoms with Gasteiger partial charge in [-0.1, -0.05) is 106 Å². The summed E-state index contributed by atoms with van der Waals surface area (Å²) in [7, 11) is 0. The number of hydrogen-bond donors (Lipinski definition) is 6. The molecule has 14 bridgehead atoms. The molecule has 16 fully saturated rings. The summed E-state index contributed by atoms with van der Waals surface area (Å²) in [5.41, 5.74) is 15.7. The van der Waals surface area contributed by atoms with Crippen LogP contribution in [0.15, 0.2) is 78.9 Å². The first-order chi connectivity index (χ1) is 39.3. The number of nitrogens with two attached hydrogens (primary N) is 1. The molecule has 2 heterocycles. The summed E-state index contributed by atoms with van der Waals surface area (Å²) in [4.78, 5) is 45.8. The number of hydrazine groups is 1. The zero-order valence-electron chi connectivity index (χ0n) is 50.1. The van der Waals surface area contributed by atoms with Gasteiger partial charge in [0, 0.05) is 50.3 Å². The Morgan fingerprint density at radius 3 is 1.59 bits per heavy atom. The second-order valence-corrected chi connectivity index (χ2v) is 33.5. The van der Waals surface area contributed by atoms with Crippen LogP contribution in [-0.4, -0.2) is 79.6 Å². The molecule has 14 saturated carbocycles. The fraction of sp³-hybridized carbons (Fsp3) is 0.708. The molecule has 15 atom stereocenters. The molecule has 3 amide bonds. The number of rotatable bonds is 13. The van der Waals surface area contributed by atoms with Crippen LogP contribution in [0.2, 0.25) is 0 Å². The first kappa shape index (κ1) is 53.4. The second-order valence-electron chi connectivity index (χ2n) is 33.5. The molecule has 14 aliphatic carbocycles. The van der Waals surface area contributed by atoms with Gasteiger partial charge in [0.15, 0.2) is 0 Å². The lowest BCUT2D eigenvalue weighted by molar-refractivity contribution is -0.168. The average Bonchev–Trinajstić information content (AvgIpc) is 2.42. The number of carbonyl (C=O) groups is 3. The summed E-state index contributed by atoms with van der Waals surface area (Å²) < 4.78 is 0. The summed E-state index contributed by atoms with van der Waals surface area (Å²) in [6.07, 6.45) is 27.5. The molecule has 438 valence electrons. The first-order valence-corrected chi connectivity index (χ1v) is 33.5. The van der Waals surface area contributed by atoms with Gasteiger partial charge < -0.3 is 27.0 Å². The molecule has 19 rings (SSSR count). The van der Waals surface area contributed by atoms with Crippen molar-refractivity contribution in [1.29, 1.82) is 0 Å². The minimum Gasteiger partial charge on any atom is -0.353 e. The van der Waals surface area contributed by atoms with Crippen LogP contribution in [0, 0.1) is 44.3 Å². The maximum Gasteiger partial charge on any atom is 0.240 e. The van der Waals surface area contributed by atoms with E-state index in [9.17, 15) is 4.79 Å².